The van der Waals surface area contributed by atoms with Crippen LogP contribution in [0.5, 0.6) is 0 Å². The molecule has 2 N–H and O–H groups in total. The molecule has 0 unspecified atom stereocenters. The Morgan fingerprint density at radius 1 is 0.903 bits per heavy atom. The zero-order chi connectivity index (χ0) is 21.5. The summed E-state index contributed by atoms with van der Waals surface area (Å²) in [6.07, 6.45) is 5.29. The highest BCUT2D eigenvalue weighted by Gasteiger charge is 2.19. The third-order valence-corrected chi connectivity index (χ3v) is 5.32. The molecule has 0 saturated carbocycles. The van der Waals surface area contributed by atoms with E-state index in [9.17, 15) is 9.59 Å². The number of carbonyl (C=O) groups excluding carboxylic acids is 2. The van der Waals surface area contributed by atoms with Gasteiger partial charge in [0.2, 0.25) is 5.91 Å². The predicted octanol–water partition coefficient (Wildman–Crippen LogP) is 3.05. The molecule has 1 aliphatic rings. The van der Waals surface area contributed by atoms with Crippen LogP contribution in [0.4, 0.5) is 4.79 Å². The fourth-order valence-corrected chi connectivity index (χ4v) is 3.71. The Bertz CT molecular complexity index is 1030. The lowest BCUT2D eigenvalue weighted by molar-refractivity contribution is -0.128. The number of amides is 3. The van der Waals surface area contributed by atoms with Crippen LogP contribution in [0.2, 0.25) is 0 Å². The van der Waals surface area contributed by atoms with Crippen LogP contribution in [0.1, 0.15) is 35.1 Å². The van der Waals surface area contributed by atoms with Crippen molar-refractivity contribution in [1.29, 1.82) is 0 Å². The van der Waals surface area contributed by atoms with Gasteiger partial charge in [0.25, 0.3) is 0 Å². The van der Waals surface area contributed by atoms with E-state index in [1.807, 2.05) is 58.2 Å². The molecule has 1 saturated heterocycles. The molecule has 0 atom stereocenters. The van der Waals surface area contributed by atoms with Gasteiger partial charge in [0.05, 0.1) is 12.7 Å². The predicted molar refractivity (Wildman–Crippen MR) is 118 cm³/mol. The fourth-order valence-electron chi connectivity index (χ4n) is 3.71. The largest absolute Gasteiger partial charge is 0.338 e. The summed E-state index contributed by atoms with van der Waals surface area (Å²) >= 11 is 0. The number of urea groups is 1. The van der Waals surface area contributed by atoms with Gasteiger partial charge in [0.15, 0.2) is 0 Å². The molecular formula is C24H27N5O2. The van der Waals surface area contributed by atoms with Crippen LogP contribution in [-0.2, 0) is 31.0 Å². The molecule has 31 heavy (non-hydrogen) atoms. The maximum Gasteiger partial charge on any atom is 0.315 e. The number of likely N-dealkylation sites (tertiary alicyclic amines) is 1. The number of rotatable bonds is 8. The van der Waals surface area contributed by atoms with Gasteiger partial charge < -0.3 is 15.5 Å². The fraction of sp³-hybridized carbons (Fsp3) is 0.292. The summed E-state index contributed by atoms with van der Waals surface area (Å²) in [4.78, 5) is 25.9. The van der Waals surface area contributed by atoms with Crippen molar-refractivity contribution in [3.8, 4) is 0 Å². The maximum atomic E-state index is 12.2. The molecular weight excluding hydrogens is 390 g/mol. The first kappa shape index (κ1) is 20.7. The Morgan fingerprint density at radius 2 is 1.65 bits per heavy atom. The maximum absolute atomic E-state index is 12.2. The summed E-state index contributed by atoms with van der Waals surface area (Å²) in [6.45, 7) is 3.00. The minimum Gasteiger partial charge on any atom is -0.338 e. The first-order valence-corrected chi connectivity index (χ1v) is 10.6. The molecule has 4 rings (SSSR count). The Kier molecular flexibility index (Phi) is 6.62. The third kappa shape index (κ3) is 5.94. The normalized spacial score (nSPS) is 13.4. The van der Waals surface area contributed by atoms with E-state index in [2.05, 4.69) is 27.9 Å². The van der Waals surface area contributed by atoms with Crippen molar-refractivity contribution in [3.63, 3.8) is 0 Å². The van der Waals surface area contributed by atoms with Gasteiger partial charge in [-0.25, -0.2) is 4.79 Å². The van der Waals surface area contributed by atoms with Crippen molar-refractivity contribution < 1.29 is 9.59 Å². The van der Waals surface area contributed by atoms with E-state index in [0.29, 0.717) is 32.6 Å². The van der Waals surface area contributed by atoms with Crippen molar-refractivity contribution >= 4 is 11.9 Å². The first-order valence-electron chi connectivity index (χ1n) is 10.6. The molecule has 7 heteroatoms. The van der Waals surface area contributed by atoms with E-state index < -0.39 is 0 Å². The van der Waals surface area contributed by atoms with E-state index in [1.54, 1.807) is 6.20 Å². The summed E-state index contributed by atoms with van der Waals surface area (Å²) in [5.41, 5.74) is 4.22. The topological polar surface area (TPSA) is 79.3 Å². The van der Waals surface area contributed by atoms with Gasteiger partial charge in [-0.2, -0.15) is 5.10 Å². The molecule has 1 fully saturated rings. The number of hydrogen-bond donors (Lipinski definition) is 2. The standard InChI is InChI=1S/C24H27N5O2/c30-23-10-5-11-28(23)16-21-9-4-8-20(12-21)13-25-24(31)26-14-22-15-27-29(18-22)17-19-6-2-1-3-7-19/h1-4,6-9,12,15,18H,5,10-11,13-14,16-17H2,(H2,25,26,31). The van der Waals surface area contributed by atoms with Crippen LogP contribution in [0.3, 0.4) is 0 Å². The van der Waals surface area contributed by atoms with Crippen LogP contribution in [0.25, 0.3) is 0 Å². The zero-order valence-electron chi connectivity index (χ0n) is 17.5. The SMILES string of the molecule is O=C(NCc1cccc(CN2CCCC2=O)c1)NCc1cnn(Cc2ccccc2)c1. The van der Waals surface area contributed by atoms with Gasteiger partial charge in [0, 0.05) is 44.4 Å². The summed E-state index contributed by atoms with van der Waals surface area (Å²) in [6, 6.07) is 17.9. The van der Waals surface area contributed by atoms with Gasteiger partial charge in [-0.3, -0.25) is 9.48 Å². The van der Waals surface area contributed by atoms with Gasteiger partial charge in [-0.05, 0) is 23.1 Å². The highest BCUT2D eigenvalue weighted by molar-refractivity contribution is 5.78. The van der Waals surface area contributed by atoms with E-state index >= 15 is 0 Å². The molecule has 2 heterocycles. The van der Waals surface area contributed by atoms with Crippen molar-refractivity contribution in [3.05, 3.63) is 89.2 Å². The Labute approximate surface area is 182 Å². The lowest BCUT2D eigenvalue weighted by Crippen LogP contribution is -2.34. The molecule has 3 aromatic rings. The molecule has 1 aromatic heterocycles. The quantitative estimate of drug-likeness (QED) is 0.591. The summed E-state index contributed by atoms with van der Waals surface area (Å²) in [5.74, 6) is 0.218. The summed E-state index contributed by atoms with van der Waals surface area (Å²) in [7, 11) is 0. The molecule has 2 aromatic carbocycles. The monoisotopic (exact) mass is 417 g/mol. The molecule has 0 radical (unpaired) electrons. The number of benzene rings is 2. The molecule has 0 aliphatic carbocycles. The van der Waals surface area contributed by atoms with Crippen molar-refractivity contribution in [1.82, 2.24) is 25.3 Å². The van der Waals surface area contributed by atoms with E-state index in [0.717, 1.165) is 29.7 Å². The Balaban J connectivity index is 1.22. The number of carbonyl (C=O) groups is 2. The third-order valence-electron chi connectivity index (χ3n) is 5.32. The van der Waals surface area contributed by atoms with E-state index in [1.165, 1.54) is 5.56 Å². The summed E-state index contributed by atoms with van der Waals surface area (Å²) < 4.78 is 1.86. The van der Waals surface area contributed by atoms with E-state index in [4.69, 9.17) is 0 Å². The highest BCUT2D eigenvalue weighted by Crippen LogP contribution is 2.15. The van der Waals surface area contributed by atoms with E-state index in [-0.39, 0.29) is 11.9 Å². The number of nitrogens with zero attached hydrogens (tertiary/aromatic N) is 3. The van der Waals surface area contributed by atoms with Crippen LogP contribution < -0.4 is 10.6 Å². The van der Waals surface area contributed by atoms with Crippen LogP contribution in [-0.4, -0.2) is 33.2 Å². The minimum absolute atomic E-state index is 0.218. The van der Waals surface area contributed by atoms with Crippen molar-refractivity contribution in [2.24, 2.45) is 0 Å². The lowest BCUT2D eigenvalue weighted by atomic mass is 10.1. The molecule has 1 aliphatic heterocycles. The second-order valence-corrected chi connectivity index (χ2v) is 7.81. The minimum atomic E-state index is -0.226. The highest BCUT2D eigenvalue weighted by atomic mass is 16.2. The second-order valence-electron chi connectivity index (χ2n) is 7.81. The van der Waals surface area contributed by atoms with Crippen molar-refractivity contribution in [2.75, 3.05) is 6.54 Å². The van der Waals surface area contributed by atoms with Crippen LogP contribution in [0.15, 0.2) is 67.0 Å². The molecule has 0 spiro atoms. The average Bonchev–Trinajstić information content (AvgIpc) is 3.40. The number of nitrogens with one attached hydrogen (secondary N) is 2. The zero-order valence-corrected chi connectivity index (χ0v) is 17.5. The van der Waals surface area contributed by atoms with Gasteiger partial charge >= 0.3 is 6.03 Å². The number of aromatic nitrogens is 2. The molecule has 7 nitrogen and oxygen atoms in total. The van der Waals surface area contributed by atoms with Gasteiger partial charge in [0.1, 0.15) is 0 Å². The molecule has 3 amide bonds. The van der Waals surface area contributed by atoms with Crippen LogP contribution >= 0.6 is 0 Å². The van der Waals surface area contributed by atoms with Gasteiger partial charge in [-0.1, -0.05) is 54.6 Å². The summed E-state index contributed by atoms with van der Waals surface area (Å²) in [5, 5.41) is 10.1. The van der Waals surface area contributed by atoms with Gasteiger partial charge in [-0.15, -0.1) is 0 Å². The average molecular weight is 418 g/mol. The van der Waals surface area contributed by atoms with Crippen molar-refractivity contribution in [2.45, 2.75) is 39.0 Å². The second kappa shape index (κ2) is 9.93. The molecule has 0 bridgehead atoms. The Hall–Kier alpha value is -3.61. The number of hydrogen-bond acceptors (Lipinski definition) is 3. The van der Waals surface area contributed by atoms with Crippen LogP contribution in [0, 0.1) is 0 Å². The lowest BCUT2D eigenvalue weighted by Gasteiger charge is -2.16. The smallest absolute Gasteiger partial charge is 0.315 e. The first-order chi connectivity index (χ1) is 15.2. The Morgan fingerprint density at radius 3 is 2.42 bits per heavy atom. The molecule has 160 valence electrons.